The van der Waals surface area contributed by atoms with Crippen LogP contribution in [0.15, 0.2) is 30.3 Å². The third-order valence-electron chi connectivity index (χ3n) is 3.48. The first-order valence-corrected chi connectivity index (χ1v) is 6.99. The number of carbonyl (C=O) groups is 1. The van der Waals surface area contributed by atoms with E-state index in [2.05, 4.69) is 10.4 Å². The molecule has 1 aromatic heterocycles. The fourth-order valence-electron chi connectivity index (χ4n) is 2.19. The second kappa shape index (κ2) is 6.09. The molecule has 0 atom stereocenters. The lowest BCUT2D eigenvalue weighted by molar-refractivity contribution is -0.123. The van der Waals surface area contributed by atoms with E-state index < -0.39 is 5.41 Å². The number of aromatic nitrogens is 2. The summed E-state index contributed by atoms with van der Waals surface area (Å²) in [7, 11) is 3.30. The molecule has 2 N–H and O–H groups in total. The van der Waals surface area contributed by atoms with Gasteiger partial charge < -0.3 is 15.2 Å². The molecule has 0 radical (unpaired) electrons. The zero-order chi connectivity index (χ0) is 16.3. The van der Waals surface area contributed by atoms with Crippen LogP contribution in [-0.2, 0) is 18.3 Å². The Balaban J connectivity index is 2.07. The minimum Gasteiger partial charge on any atom is -0.508 e. The van der Waals surface area contributed by atoms with Crippen molar-refractivity contribution in [2.24, 2.45) is 12.5 Å². The van der Waals surface area contributed by atoms with Gasteiger partial charge in [0, 0.05) is 18.5 Å². The third kappa shape index (κ3) is 3.58. The van der Waals surface area contributed by atoms with Crippen molar-refractivity contribution in [3.05, 3.63) is 35.9 Å². The monoisotopic (exact) mass is 303 g/mol. The summed E-state index contributed by atoms with van der Waals surface area (Å²) < 4.78 is 6.68. The Labute approximate surface area is 129 Å². The van der Waals surface area contributed by atoms with Crippen molar-refractivity contribution in [3.8, 4) is 11.6 Å². The summed E-state index contributed by atoms with van der Waals surface area (Å²) in [4.78, 5) is 12.5. The highest BCUT2D eigenvalue weighted by Crippen LogP contribution is 2.25. The number of amides is 1. The lowest BCUT2D eigenvalue weighted by Gasteiger charge is -2.23. The van der Waals surface area contributed by atoms with Gasteiger partial charge in [-0.15, -0.1) is 0 Å². The van der Waals surface area contributed by atoms with E-state index in [0.29, 0.717) is 18.1 Å². The van der Waals surface area contributed by atoms with Crippen molar-refractivity contribution in [1.29, 1.82) is 0 Å². The Kier molecular flexibility index (Phi) is 4.40. The Morgan fingerprint density at radius 2 is 2.00 bits per heavy atom. The van der Waals surface area contributed by atoms with Crippen LogP contribution in [0, 0.1) is 5.41 Å². The third-order valence-corrected chi connectivity index (χ3v) is 3.48. The van der Waals surface area contributed by atoms with Gasteiger partial charge in [-0.1, -0.05) is 26.0 Å². The molecule has 0 saturated heterocycles. The number of anilines is 1. The predicted molar refractivity (Wildman–Crippen MR) is 84.0 cm³/mol. The van der Waals surface area contributed by atoms with E-state index in [-0.39, 0.29) is 11.7 Å². The van der Waals surface area contributed by atoms with Crippen LogP contribution >= 0.6 is 0 Å². The fourth-order valence-corrected chi connectivity index (χ4v) is 2.19. The van der Waals surface area contributed by atoms with Gasteiger partial charge in [-0.2, -0.15) is 5.10 Å². The first-order chi connectivity index (χ1) is 10.3. The highest BCUT2D eigenvalue weighted by molar-refractivity contribution is 5.94. The van der Waals surface area contributed by atoms with Gasteiger partial charge in [-0.05, 0) is 24.1 Å². The van der Waals surface area contributed by atoms with E-state index in [0.717, 1.165) is 5.56 Å². The van der Waals surface area contributed by atoms with E-state index >= 15 is 0 Å². The molecule has 22 heavy (non-hydrogen) atoms. The van der Waals surface area contributed by atoms with E-state index in [1.165, 1.54) is 0 Å². The van der Waals surface area contributed by atoms with Crippen molar-refractivity contribution in [1.82, 2.24) is 9.78 Å². The van der Waals surface area contributed by atoms with Crippen molar-refractivity contribution in [3.63, 3.8) is 0 Å². The van der Waals surface area contributed by atoms with Crippen molar-refractivity contribution < 1.29 is 14.6 Å². The number of aryl methyl sites for hydroxylation is 1. The van der Waals surface area contributed by atoms with E-state index in [9.17, 15) is 9.90 Å². The number of benzene rings is 1. The lowest BCUT2D eigenvalue weighted by Crippen LogP contribution is -2.32. The topological polar surface area (TPSA) is 76.4 Å². The predicted octanol–water partition coefficient (Wildman–Crippen LogP) is 2.34. The molecule has 0 bridgehead atoms. The Morgan fingerprint density at radius 3 is 2.55 bits per heavy atom. The SMILES string of the molecule is COc1cc(NC(=O)C(C)(C)Cc2ccc(O)cc2)nn1C. The summed E-state index contributed by atoms with van der Waals surface area (Å²) in [6.45, 7) is 3.74. The molecule has 0 aliphatic carbocycles. The largest absolute Gasteiger partial charge is 0.508 e. The lowest BCUT2D eigenvalue weighted by atomic mass is 9.85. The smallest absolute Gasteiger partial charge is 0.231 e. The van der Waals surface area contributed by atoms with Gasteiger partial charge in [-0.3, -0.25) is 4.79 Å². The van der Waals surface area contributed by atoms with Gasteiger partial charge in [0.1, 0.15) is 5.75 Å². The molecule has 118 valence electrons. The summed E-state index contributed by atoms with van der Waals surface area (Å²) in [5.74, 6) is 1.13. The average Bonchev–Trinajstić information content (AvgIpc) is 2.81. The molecule has 2 rings (SSSR count). The van der Waals surface area contributed by atoms with E-state index in [4.69, 9.17) is 4.74 Å². The zero-order valence-electron chi connectivity index (χ0n) is 13.3. The number of nitrogens with one attached hydrogen (secondary N) is 1. The van der Waals surface area contributed by atoms with Crippen LogP contribution in [0.4, 0.5) is 5.82 Å². The molecule has 1 amide bonds. The maximum atomic E-state index is 12.5. The number of phenols is 1. The van der Waals surface area contributed by atoms with Gasteiger partial charge in [0.2, 0.25) is 11.8 Å². The Hall–Kier alpha value is -2.50. The minimum atomic E-state index is -0.609. The van der Waals surface area contributed by atoms with Crippen molar-refractivity contribution in [2.75, 3.05) is 12.4 Å². The molecule has 6 nitrogen and oxygen atoms in total. The number of hydrogen-bond acceptors (Lipinski definition) is 4. The molecule has 0 spiro atoms. The van der Waals surface area contributed by atoms with Crippen LogP contribution in [-0.4, -0.2) is 27.9 Å². The molecule has 0 aliphatic heterocycles. The van der Waals surface area contributed by atoms with Crippen LogP contribution in [0.3, 0.4) is 0 Å². The van der Waals surface area contributed by atoms with Crippen LogP contribution in [0.5, 0.6) is 11.6 Å². The van der Waals surface area contributed by atoms with Gasteiger partial charge in [-0.25, -0.2) is 4.68 Å². The number of phenolic OH excluding ortho intramolecular Hbond substituents is 1. The summed E-state index contributed by atoms with van der Waals surface area (Å²) in [5, 5.41) is 16.3. The van der Waals surface area contributed by atoms with Crippen LogP contribution < -0.4 is 10.1 Å². The Bertz CT molecular complexity index is 660. The van der Waals surface area contributed by atoms with Gasteiger partial charge >= 0.3 is 0 Å². The molecule has 0 saturated carbocycles. The second-order valence-corrected chi connectivity index (χ2v) is 5.88. The summed E-state index contributed by atoms with van der Waals surface area (Å²) in [6, 6.07) is 8.54. The molecule has 1 heterocycles. The summed E-state index contributed by atoms with van der Waals surface area (Å²) in [5.41, 5.74) is 0.374. The van der Waals surface area contributed by atoms with Gasteiger partial charge in [0.25, 0.3) is 0 Å². The second-order valence-electron chi connectivity index (χ2n) is 5.88. The van der Waals surface area contributed by atoms with E-state index in [1.807, 2.05) is 26.0 Å². The summed E-state index contributed by atoms with van der Waals surface area (Å²) >= 11 is 0. The maximum absolute atomic E-state index is 12.5. The first kappa shape index (κ1) is 15.9. The highest BCUT2D eigenvalue weighted by atomic mass is 16.5. The number of hydrogen-bond donors (Lipinski definition) is 2. The molecule has 0 aliphatic rings. The van der Waals surface area contributed by atoms with Gasteiger partial charge in [0.15, 0.2) is 5.82 Å². The van der Waals surface area contributed by atoms with Crippen LogP contribution in [0.2, 0.25) is 0 Å². The fraction of sp³-hybridized carbons (Fsp3) is 0.375. The molecule has 0 unspecified atom stereocenters. The quantitative estimate of drug-likeness (QED) is 0.889. The van der Waals surface area contributed by atoms with Crippen LogP contribution in [0.25, 0.3) is 0 Å². The Morgan fingerprint density at radius 1 is 1.36 bits per heavy atom. The molecule has 2 aromatic rings. The molecule has 1 aromatic carbocycles. The molecule has 0 fully saturated rings. The first-order valence-electron chi connectivity index (χ1n) is 6.99. The number of rotatable bonds is 5. The zero-order valence-corrected chi connectivity index (χ0v) is 13.3. The molecule has 6 heteroatoms. The van der Waals surface area contributed by atoms with E-state index in [1.54, 1.807) is 37.0 Å². The standard InChI is InChI=1S/C16H21N3O3/c1-16(2,10-11-5-7-12(20)8-6-11)15(21)17-13-9-14(22-4)19(3)18-13/h5-9,20H,10H2,1-4H3,(H,17,18,21). The maximum Gasteiger partial charge on any atom is 0.231 e. The summed E-state index contributed by atoms with van der Waals surface area (Å²) in [6.07, 6.45) is 0.559. The number of methoxy groups -OCH3 is 1. The van der Waals surface area contributed by atoms with Crippen molar-refractivity contribution >= 4 is 11.7 Å². The number of ether oxygens (including phenoxy) is 1. The average molecular weight is 303 g/mol. The molecular weight excluding hydrogens is 282 g/mol. The van der Waals surface area contributed by atoms with Crippen LogP contribution in [0.1, 0.15) is 19.4 Å². The number of nitrogens with zero attached hydrogens (tertiary/aromatic N) is 2. The molecular formula is C16H21N3O3. The number of aromatic hydroxyl groups is 1. The van der Waals surface area contributed by atoms with Crippen molar-refractivity contribution in [2.45, 2.75) is 20.3 Å². The normalized spacial score (nSPS) is 11.3. The van der Waals surface area contributed by atoms with Gasteiger partial charge in [0.05, 0.1) is 7.11 Å². The number of carbonyl (C=O) groups excluding carboxylic acids is 1. The minimum absolute atomic E-state index is 0.124. The highest BCUT2D eigenvalue weighted by Gasteiger charge is 2.28.